The van der Waals surface area contributed by atoms with Crippen molar-refractivity contribution in [2.45, 2.75) is 44.6 Å². The Morgan fingerprint density at radius 1 is 1.43 bits per heavy atom. The summed E-state index contributed by atoms with van der Waals surface area (Å²) in [5.41, 5.74) is 6.90. The summed E-state index contributed by atoms with van der Waals surface area (Å²) in [5, 5.41) is 13.4. The number of nitriles is 1. The fraction of sp³-hybridized carbons (Fsp3) is 0.471. The zero-order valence-electron chi connectivity index (χ0n) is 13.4. The molecule has 0 spiro atoms. The molecule has 0 amide bonds. The highest BCUT2D eigenvalue weighted by Crippen LogP contribution is 2.41. The maximum absolute atomic E-state index is 9.31. The lowest BCUT2D eigenvalue weighted by atomic mass is 9.68. The van der Waals surface area contributed by atoms with Crippen LogP contribution in [0.3, 0.4) is 0 Å². The van der Waals surface area contributed by atoms with Gasteiger partial charge >= 0.3 is 0 Å². The van der Waals surface area contributed by atoms with Gasteiger partial charge in [0.1, 0.15) is 11.8 Å². The number of nitrogens with two attached hydrogens (primary N) is 1. The van der Waals surface area contributed by atoms with Crippen molar-refractivity contribution in [3.8, 4) is 23.3 Å². The molecular formula is C17H20N4O2. The molecule has 6 nitrogen and oxygen atoms in total. The third kappa shape index (κ3) is 2.80. The first-order valence-electron chi connectivity index (χ1n) is 7.83. The normalized spacial score (nSPS) is 16.0. The van der Waals surface area contributed by atoms with Gasteiger partial charge in [-0.2, -0.15) is 10.2 Å². The second-order valence-electron chi connectivity index (χ2n) is 6.25. The van der Waals surface area contributed by atoms with E-state index in [1.807, 2.05) is 19.9 Å². The number of benzene rings is 1. The molecule has 2 N–H and O–H groups in total. The van der Waals surface area contributed by atoms with Gasteiger partial charge in [0.15, 0.2) is 5.82 Å². The van der Waals surface area contributed by atoms with Crippen molar-refractivity contribution in [2.75, 3.05) is 6.54 Å². The molecule has 2 aromatic rings. The van der Waals surface area contributed by atoms with Crippen molar-refractivity contribution in [3.63, 3.8) is 0 Å². The predicted octanol–water partition coefficient (Wildman–Crippen LogP) is 2.78. The number of hydrogen-bond acceptors (Lipinski definition) is 6. The van der Waals surface area contributed by atoms with Crippen molar-refractivity contribution < 1.29 is 9.26 Å². The first kappa shape index (κ1) is 15.5. The molecule has 1 fully saturated rings. The van der Waals surface area contributed by atoms with Gasteiger partial charge in [-0.1, -0.05) is 11.6 Å². The smallest absolute Gasteiger partial charge is 0.257 e. The second kappa shape index (κ2) is 6.01. The Hall–Kier alpha value is -2.39. The number of aromatic nitrogens is 2. The van der Waals surface area contributed by atoms with Gasteiger partial charge in [-0.05, 0) is 44.9 Å². The molecule has 0 bridgehead atoms. The molecule has 1 aromatic heterocycles. The average Bonchev–Trinajstić information content (AvgIpc) is 2.97. The molecule has 3 rings (SSSR count). The van der Waals surface area contributed by atoms with Gasteiger partial charge in [-0.15, -0.1) is 0 Å². The highest BCUT2D eigenvalue weighted by molar-refractivity contribution is 5.60. The molecule has 0 saturated heterocycles. The predicted molar refractivity (Wildman–Crippen MR) is 84.8 cm³/mol. The summed E-state index contributed by atoms with van der Waals surface area (Å²) in [6, 6.07) is 7.45. The summed E-state index contributed by atoms with van der Waals surface area (Å²) in [6.45, 7) is 4.37. The topological polar surface area (TPSA) is 98.0 Å². The minimum Gasteiger partial charge on any atom is -0.490 e. The van der Waals surface area contributed by atoms with Crippen molar-refractivity contribution in [2.24, 2.45) is 5.73 Å². The molecule has 0 aliphatic heterocycles. The molecule has 1 saturated carbocycles. The van der Waals surface area contributed by atoms with Gasteiger partial charge in [0.2, 0.25) is 0 Å². The number of hydrogen-bond donors (Lipinski definition) is 1. The van der Waals surface area contributed by atoms with Crippen LogP contribution in [0.1, 0.15) is 44.5 Å². The standard InChI is InChI=1S/C17H20N4O2/c1-11(2)22-14-5-4-12(8-13(14)9-18)15-20-16(21-23-15)17(10-19)6-3-7-17/h4-5,8,11H,3,6-7,10,19H2,1-2H3. The molecule has 1 aromatic carbocycles. The van der Waals surface area contributed by atoms with Crippen LogP contribution < -0.4 is 10.5 Å². The molecule has 1 aliphatic carbocycles. The molecular weight excluding hydrogens is 292 g/mol. The summed E-state index contributed by atoms with van der Waals surface area (Å²) in [4.78, 5) is 4.50. The van der Waals surface area contributed by atoms with E-state index in [0.29, 0.717) is 35.1 Å². The molecule has 0 radical (unpaired) electrons. The molecule has 1 heterocycles. The van der Waals surface area contributed by atoms with Crippen molar-refractivity contribution in [1.82, 2.24) is 10.1 Å². The number of nitrogens with zero attached hydrogens (tertiary/aromatic N) is 3. The molecule has 0 atom stereocenters. The Balaban J connectivity index is 1.91. The van der Waals surface area contributed by atoms with E-state index in [0.717, 1.165) is 19.3 Å². The van der Waals surface area contributed by atoms with Crippen molar-refractivity contribution in [1.29, 1.82) is 5.26 Å². The largest absolute Gasteiger partial charge is 0.490 e. The van der Waals surface area contributed by atoms with Crippen LogP contribution in [0.2, 0.25) is 0 Å². The first-order valence-corrected chi connectivity index (χ1v) is 7.83. The van der Waals surface area contributed by atoms with E-state index >= 15 is 0 Å². The van der Waals surface area contributed by atoms with E-state index < -0.39 is 0 Å². The first-order chi connectivity index (χ1) is 11.1. The maximum atomic E-state index is 9.31. The van der Waals surface area contributed by atoms with E-state index in [1.54, 1.807) is 12.1 Å². The Kier molecular flexibility index (Phi) is 4.05. The summed E-state index contributed by atoms with van der Waals surface area (Å²) in [5.74, 6) is 1.64. The Morgan fingerprint density at radius 3 is 2.78 bits per heavy atom. The van der Waals surface area contributed by atoms with Crippen LogP contribution in [0.25, 0.3) is 11.5 Å². The van der Waals surface area contributed by atoms with Crippen LogP contribution in [0, 0.1) is 11.3 Å². The van der Waals surface area contributed by atoms with E-state index in [1.165, 1.54) is 0 Å². The van der Waals surface area contributed by atoms with Gasteiger partial charge in [-0.25, -0.2) is 0 Å². The van der Waals surface area contributed by atoms with Gasteiger partial charge in [-0.3, -0.25) is 0 Å². The fourth-order valence-corrected chi connectivity index (χ4v) is 2.79. The van der Waals surface area contributed by atoms with Crippen LogP contribution in [0.4, 0.5) is 0 Å². The van der Waals surface area contributed by atoms with Crippen LogP contribution in [-0.4, -0.2) is 22.8 Å². The molecule has 6 heteroatoms. The minimum absolute atomic E-state index is 0.00554. The summed E-state index contributed by atoms with van der Waals surface area (Å²) >= 11 is 0. The second-order valence-corrected chi connectivity index (χ2v) is 6.25. The van der Waals surface area contributed by atoms with Crippen LogP contribution >= 0.6 is 0 Å². The highest BCUT2D eigenvalue weighted by Gasteiger charge is 2.41. The monoisotopic (exact) mass is 312 g/mol. The molecule has 120 valence electrons. The van der Waals surface area contributed by atoms with Crippen LogP contribution in [0.5, 0.6) is 5.75 Å². The number of ether oxygens (including phenoxy) is 1. The van der Waals surface area contributed by atoms with Crippen LogP contribution in [-0.2, 0) is 5.41 Å². The van der Waals surface area contributed by atoms with Gasteiger partial charge in [0.25, 0.3) is 5.89 Å². The third-order valence-corrected chi connectivity index (χ3v) is 4.31. The average molecular weight is 312 g/mol. The zero-order valence-corrected chi connectivity index (χ0v) is 13.4. The lowest BCUT2D eigenvalue weighted by Crippen LogP contribution is -2.42. The molecule has 23 heavy (non-hydrogen) atoms. The highest BCUT2D eigenvalue weighted by atomic mass is 16.5. The third-order valence-electron chi connectivity index (χ3n) is 4.31. The maximum Gasteiger partial charge on any atom is 0.257 e. The van der Waals surface area contributed by atoms with Gasteiger partial charge < -0.3 is 15.0 Å². The Morgan fingerprint density at radius 2 is 2.22 bits per heavy atom. The molecule has 1 aliphatic rings. The van der Waals surface area contributed by atoms with E-state index in [4.69, 9.17) is 15.0 Å². The van der Waals surface area contributed by atoms with E-state index in [9.17, 15) is 5.26 Å². The van der Waals surface area contributed by atoms with Crippen molar-refractivity contribution in [3.05, 3.63) is 29.6 Å². The Bertz CT molecular complexity index is 736. The van der Waals surface area contributed by atoms with E-state index in [-0.39, 0.29) is 11.5 Å². The fourth-order valence-electron chi connectivity index (χ4n) is 2.79. The van der Waals surface area contributed by atoms with Crippen LogP contribution in [0.15, 0.2) is 22.7 Å². The molecule has 0 unspecified atom stereocenters. The van der Waals surface area contributed by atoms with Gasteiger partial charge in [0, 0.05) is 17.5 Å². The lowest BCUT2D eigenvalue weighted by Gasteiger charge is -2.37. The lowest BCUT2D eigenvalue weighted by molar-refractivity contribution is 0.229. The summed E-state index contributed by atoms with van der Waals surface area (Å²) < 4.78 is 11.0. The zero-order chi connectivity index (χ0) is 16.4. The minimum atomic E-state index is -0.138. The summed E-state index contributed by atoms with van der Waals surface area (Å²) in [6.07, 6.45) is 3.13. The van der Waals surface area contributed by atoms with Gasteiger partial charge in [0.05, 0.1) is 11.7 Å². The number of rotatable bonds is 5. The Labute approximate surface area is 135 Å². The SMILES string of the molecule is CC(C)Oc1ccc(-c2nc(C3(CN)CCC3)no2)cc1C#N. The summed E-state index contributed by atoms with van der Waals surface area (Å²) in [7, 11) is 0. The van der Waals surface area contributed by atoms with Crippen molar-refractivity contribution >= 4 is 0 Å². The van der Waals surface area contributed by atoms with E-state index in [2.05, 4.69) is 16.2 Å². The quantitative estimate of drug-likeness (QED) is 0.911.